The van der Waals surface area contributed by atoms with Gasteiger partial charge in [-0.3, -0.25) is 15.1 Å². The van der Waals surface area contributed by atoms with Gasteiger partial charge in [-0.05, 0) is 6.07 Å². The van der Waals surface area contributed by atoms with Gasteiger partial charge in [-0.25, -0.2) is 0 Å². The van der Waals surface area contributed by atoms with Crippen LogP contribution in [-0.4, -0.2) is 37.3 Å². The summed E-state index contributed by atoms with van der Waals surface area (Å²) in [6.07, 6.45) is -3.43. The molecule has 10 heteroatoms. The van der Waals surface area contributed by atoms with E-state index in [1.165, 1.54) is 13.4 Å². The van der Waals surface area contributed by atoms with Crippen molar-refractivity contribution in [3.63, 3.8) is 0 Å². The van der Waals surface area contributed by atoms with E-state index in [2.05, 4.69) is 5.10 Å². The van der Waals surface area contributed by atoms with Crippen molar-refractivity contribution in [1.29, 1.82) is 0 Å². The van der Waals surface area contributed by atoms with Crippen LogP contribution in [-0.2, 0) is 6.18 Å². The Morgan fingerprint density at radius 1 is 1.33 bits per heavy atom. The fourth-order valence-electron chi connectivity index (χ4n) is 1.42. The normalized spacial score (nSPS) is 11.8. The van der Waals surface area contributed by atoms with Crippen LogP contribution in [0.1, 0.15) is 5.56 Å². The molecule has 0 aliphatic heterocycles. The van der Waals surface area contributed by atoms with Crippen LogP contribution in [0.4, 0.5) is 24.5 Å². The molecule has 0 saturated carbocycles. The van der Waals surface area contributed by atoms with Crippen LogP contribution >= 0.6 is 11.6 Å². The summed E-state index contributed by atoms with van der Waals surface area (Å²) in [4.78, 5) is 11.6. The van der Waals surface area contributed by atoms with Crippen LogP contribution in [0.5, 0.6) is 0 Å². The van der Waals surface area contributed by atoms with Gasteiger partial charge in [0.25, 0.3) is 5.69 Å². The fourth-order valence-corrected chi connectivity index (χ4v) is 1.68. The Labute approximate surface area is 123 Å². The monoisotopic (exact) mass is 324 g/mol. The van der Waals surface area contributed by atoms with Crippen LogP contribution in [0.15, 0.2) is 17.2 Å². The minimum absolute atomic E-state index is 0.142. The molecule has 0 N–H and O–H groups in total. The van der Waals surface area contributed by atoms with E-state index >= 15 is 0 Å². The number of hydrogen-bond acceptors (Lipinski definition) is 4. The Bertz CT molecular complexity index is 575. The molecule has 0 aromatic heterocycles. The second kappa shape index (κ2) is 6.17. The highest BCUT2D eigenvalue weighted by atomic mass is 35.5. The third-order valence-corrected chi connectivity index (χ3v) is 2.68. The number of alkyl halides is 3. The first kappa shape index (κ1) is 17.0. The van der Waals surface area contributed by atoms with Crippen molar-refractivity contribution in [1.82, 2.24) is 4.90 Å². The lowest BCUT2D eigenvalue weighted by Gasteiger charge is -2.16. The molecule has 6 nitrogen and oxygen atoms in total. The third kappa shape index (κ3) is 4.22. The first-order valence-corrected chi connectivity index (χ1v) is 5.91. The zero-order valence-corrected chi connectivity index (χ0v) is 12.1. The lowest BCUT2D eigenvalue weighted by molar-refractivity contribution is -0.384. The van der Waals surface area contributed by atoms with Gasteiger partial charge in [0.1, 0.15) is 12.0 Å². The smallest absolute Gasteiger partial charge is 0.367 e. The molecule has 0 amide bonds. The lowest BCUT2D eigenvalue weighted by atomic mass is 10.1. The van der Waals surface area contributed by atoms with Crippen molar-refractivity contribution in [2.75, 3.05) is 26.2 Å². The van der Waals surface area contributed by atoms with E-state index in [4.69, 9.17) is 11.6 Å². The predicted octanol–water partition coefficient (Wildman–Crippen LogP) is 3.21. The van der Waals surface area contributed by atoms with E-state index in [0.717, 1.165) is 11.1 Å². The Kier molecular flexibility index (Phi) is 5.00. The van der Waals surface area contributed by atoms with Crippen molar-refractivity contribution in [3.05, 3.63) is 32.8 Å². The molecule has 0 aliphatic rings. The summed E-state index contributed by atoms with van der Waals surface area (Å²) < 4.78 is 38.2. The maximum Gasteiger partial charge on any atom is 0.418 e. The fraction of sp³-hybridized carbons (Fsp3) is 0.364. The second-order valence-electron chi connectivity index (χ2n) is 4.29. The van der Waals surface area contributed by atoms with Crippen molar-refractivity contribution >= 4 is 29.3 Å². The number of hydrogen-bond donors (Lipinski definition) is 0. The van der Waals surface area contributed by atoms with Gasteiger partial charge in [0.2, 0.25) is 0 Å². The summed E-state index contributed by atoms with van der Waals surface area (Å²) >= 11 is 5.57. The first-order chi connectivity index (χ1) is 9.54. The van der Waals surface area contributed by atoms with E-state index in [1.807, 2.05) is 0 Å². The van der Waals surface area contributed by atoms with Crippen LogP contribution < -0.4 is 5.01 Å². The second-order valence-corrected chi connectivity index (χ2v) is 4.70. The molecule has 0 atom stereocenters. The van der Waals surface area contributed by atoms with E-state index in [-0.39, 0.29) is 5.69 Å². The molecule has 1 rings (SSSR count). The van der Waals surface area contributed by atoms with Gasteiger partial charge in [-0.15, -0.1) is 0 Å². The average molecular weight is 325 g/mol. The van der Waals surface area contributed by atoms with Gasteiger partial charge >= 0.3 is 6.18 Å². The van der Waals surface area contributed by atoms with Gasteiger partial charge in [-0.1, -0.05) is 11.6 Å². The molecule has 0 bridgehead atoms. The van der Waals surface area contributed by atoms with E-state index in [9.17, 15) is 23.3 Å². The summed E-state index contributed by atoms with van der Waals surface area (Å²) in [6, 6.07) is 1.27. The molecule has 0 heterocycles. The van der Waals surface area contributed by atoms with Gasteiger partial charge in [0.05, 0.1) is 15.5 Å². The quantitative estimate of drug-likeness (QED) is 0.369. The molecule has 1 aromatic rings. The zero-order valence-electron chi connectivity index (χ0n) is 11.3. The van der Waals surface area contributed by atoms with Crippen molar-refractivity contribution < 1.29 is 18.1 Å². The standard InChI is InChI=1S/C11H12ClF3N4O2/c1-17(2)6-16-18(3)9-5-8(12)7(11(13,14)15)4-10(9)19(20)21/h4-6H,1-3H3. The number of halogens is 4. The van der Waals surface area contributed by atoms with Crippen molar-refractivity contribution in [2.45, 2.75) is 6.18 Å². The molecule has 0 fully saturated rings. The van der Waals surface area contributed by atoms with Gasteiger partial charge < -0.3 is 4.90 Å². The highest BCUT2D eigenvalue weighted by molar-refractivity contribution is 6.31. The Hall–Kier alpha value is -2.03. The number of nitro benzene ring substituents is 1. The maximum absolute atomic E-state index is 12.7. The summed E-state index contributed by atoms with van der Waals surface area (Å²) in [6.45, 7) is 0. The Balaban J connectivity index is 3.40. The Morgan fingerprint density at radius 3 is 2.33 bits per heavy atom. The van der Waals surface area contributed by atoms with Crippen LogP contribution in [0, 0.1) is 10.1 Å². The highest BCUT2D eigenvalue weighted by Gasteiger charge is 2.36. The van der Waals surface area contributed by atoms with Gasteiger partial charge in [0.15, 0.2) is 0 Å². The van der Waals surface area contributed by atoms with Crippen LogP contribution in [0.3, 0.4) is 0 Å². The molecule has 21 heavy (non-hydrogen) atoms. The average Bonchev–Trinajstić information content (AvgIpc) is 2.33. The molecule has 0 spiro atoms. The van der Waals surface area contributed by atoms with E-state index in [0.29, 0.717) is 6.07 Å². The highest BCUT2D eigenvalue weighted by Crippen LogP contribution is 2.41. The number of nitrogens with zero attached hydrogens (tertiary/aromatic N) is 4. The van der Waals surface area contributed by atoms with Crippen molar-refractivity contribution in [2.24, 2.45) is 5.10 Å². The summed E-state index contributed by atoms with van der Waals surface area (Å²) in [5, 5.41) is 15.3. The lowest BCUT2D eigenvalue weighted by Crippen LogP contribution is -2.17. The van der Waals surface area contributed by atoms with E-state index < -0.39 is 27.4 Å². The van der Waals surface area contributed by atoms with Gasteiger partial charge in [-0.2, -0.15) is 18.3 Å². The molecule has 0 unspecified atom stereocenters. The van der Waals surface area contributed by atoms with Crippen LogP contribution in [0.2, 0.25) is 5.02 Å². The summed E-state index contributed by atoms with van der Waals surface area (Å²) in [5.41, 5.74) is -2.13. The maximum atomic E-state index is 12.7. The number of anilines is 1. The third-order valence-electron chi connectivity index (χ3n) is 2.37. The van der Waals surface area contributed by atoms with Crippen molar-refractivity contribution in [3.8, 4) is 0 Å². The van der Waals surface area contributed by atoms with E-state index in [1.54, 1.807) is 19.0 Å². The molecule has 1 aromatic carbocycles. The van der Waals surface area contributed by atoms with Gasteiger partial charge in [0, 0.05) is 27.2 Å². The topological polar surface area (TPSA) is 62.0 Å². The SMILES string of the molecule is CN(C)C=NN(C)c1cc(Cl)c(C(F)(F)F)cc1[N+](=O)[O-]. The summed E-state index contributed by atoms with van der Waals surface area (Å²) in [5.74, 6) is 0. The largest absolute Gasteiger partial charge is 0.418 e. The molecule has 0 saturated heterocycles. The minimum atomic E-state index is -4.77. The molecular formula is C11H12ClF3N4O2. The minimum Gasteiger partial charge on any atom is -0.367 e. The molecule has 0 radical (unpaired) electrons. The molecule has 0 aliphatic carbocycles. The molecule has 116 valence electrons. The molecular weight excluding hydrogens is 313 g/mol. The Morgan fingerprint density at radius 2 is 1.90 bits per heavy atom. The number of nitro groups is 1. The zero-order chi connectivity index (χ0) is 16.4. The number of hydrazone groups is 1. The van der Waals surface area contributed by atoms with Crippen LogP contribution in [0.25, 0.3) is 0 Å². The number of rotatable bonds is 4. The predicted molar refractivity (Wildman–Crippen MR) is 73.7 cm³/mol. The summed E-state index contributed by atoms with van der Waals surface area (Å²) in [7, 11) is 4.71. The first-order valence-electron chi connectivity index (χ1n) is 5.53. The number of benzene rings is 1.